The fourth-order valence-electron chi connectivity index (χ4n) is 1.10. The summed E-state index contributed by atoms with van der Waals surface area (Å²) in [6.45, 7) is 4.03. The van der Waals surface area contributed by atoms with Crippen molar-refractivity contribution in [2.75, 3.05) is 4.95 Å². The van der Waals surface area contributed by atoms with Gasteiger partial charge in [0.2, 0.25) is 0 Å². The molecule has 0 aliphatic carbocycles. The van der Waals surface area contributed by atoms with Gasteiger partial charge in [0.1, 0.15) is 5.82 Å². The first-order chi connectivity index (χ1) is 7.85. The molecular weight excluding hydrogens is 309 g/mol. The van der Waals surface area contributed by atoms with Gasteiger partial charge in [-0.25, -0.2) is 4.39 Å². The lowest BCUT2D eigenvalue weighted by atomic mass is 10.2. The zero-order valence-corrected chi connectivity index (χ0v) is 12.2. The minimum atomic E-state index is -1.85. The summed E-state index contributed by atoms with van der Waals surface area (Å²) in [7, 11) is -1.85. The van der Waals surface area contributed by atoms with Crippen molar-refractivity contribution in [1.29, 1.82) is 0 Å². The van der Waals surface area contributed by atoms with E-state index in [9.17, 15) is 14.5 Å². The Morgan fingerprint density at radius 2 is 2.18 bits per heavy atom. The van der Waals surface area contributed by atoms with Gasteiger partial charge in [-0.3, -0.25) is 10.1 Å². The number of non-ortho nitro benzene ring substituents is 1. The second kappa shape index (κ2) is 5.70. The third-order valence-electron chi connectivity index (χ3n) is 2.18. The Morgan fingerprint density at radius 1 is 1.53 bits per heavy atom. The Morgan fingerprint density at radius 3 is 2.71 bits per heavy atom. The minimum absolute atomic E-state index is 0.0678. The summed E-state index contributed by atoms with van der Waals surface area (Å²) in [6.07, 6.45) is 0. The molecule has 0 aliphatic rings. The van der Waals surface area contributed by atoms with Gasteiger partial charge in [-0.05, 0) is 19.2 Å². The first kappa shape index (κ1) is 14.3. The van der Waals surface area contributed by atoms with E-state index in [0.717, 1.165) is 17.1 Å². The number of hydrogen-bond acceptors (Lipinski definition) is 3. The molecule has 0 unspecified atom stereocenters. The molecule has 0 amide bonds. The summed E-state index contributed by atoms with van der Waals surface area (Å²) < 4.78 is 19.0. The van der Waals surface area contributed by atoms with Crippen molar-refractivity contribution in [2.24, 2.45) is 0 Å². The SMILES string of the molecule is C[Si](C)(CBr)OCc1cc([N+](=O)[O-])ccc1F. The molecule has 7 heteroatoms. The van der Waals surface area contributed by atoms with E-state index in [1.165, 1.54) is 6.07 Å². The van der Waals surface area contributed by atoms with E-state index in [1.54, 1.807) is 0 Å². The second-order valence-corrected chi connectivity index (χ2v) is 9.97. The van der Waals surface area contributed by atoms with Crippen LogP contribution in [-0.4, -0.2) is 18.2 Å². The maximum Gasteiger partial charge on any atom is 0.269 e. The van der Waals surface area contributed by atoms with Gasteiger partial charge >= 0.3 is 0 Å². The number of benzene rings is 1. The van der Waals surface area contributed by atoms with Crippen LogP contribution in [0.25, 0.3) is 0 Å². The van der Waals surface area contributed by atoms with Crippen LogP contribution in [0.2, 0.25) is 13.1 Å². The Balaban J connectivity index is 2.83. The maximum absolute atomic E-state index is 13.4. The van der Waals surface area contributed by atoms with Crippen LogP contribution in [0.5, 0.6) is 0 Å². The molecule has 0 radical (unpaired) electrons. The monoisotopic (exact) mass is 321 g/mol. The quantitative estimate of drug-likeness (QED) is 0.361. The zero-order chi connectivity index (χ0) is 13.1. The molecule has 0 N–H and O–H groups in total. The van der Waals surface area contributed by atoms with Crippen LogP contribution in [-0.2, 0) is 11.0 Å². The Kier molecular flexibility index (Phi) is 4.78. The standard InChI is InChI=1S/C10H13BrFNO3Si/c1-17(2,7-11)16-6-8-5-9(13(14)15)3-4-10(8)12/h3-5H,6-7H2,1-2H3. The van der Waals surface area contributed by atoms with E-state index >= 15 is 0 Å². The Bertz CT molecular complexity index is 428. The summed E-state index contributed by atoms with van der Waals surface area (Å²) in [5.74, 6) is -0.477. The van der Waals surface area contributed by atoms with E-state index in [2.05, 4.69) is 15.9 Å². The van der Waals surface area contributed by atoms with Crippen molar-refractivity contribution in [3.8, 4) is 0 Å². The van der Waals surface area contributed by atoms with E-state index in [4.69, 9.17) is 4.43 Å². The van der Waals surface area contributed by atoms with Gasteiger partial charge in [-0.15, -0.1) is 0 Å². The third kappa shape index (κ3) is 4.17. The average molecular weight is 322 g/mol. The molecule has 0 saturated carbocycles. The maximum atomic E-state index is 13.4. The predicted octanol–water partition coefficient (Wildman–Crippen LogP) is 3.39. The topological polar surface area (TPSA) is 52.4 Å². The molecule has 0 atom stereocenters. The summed E-state index contributed by atoms with van der Waals surface area (Å²) >= 11 is 3.34. The number of nitrogens with zero attached hydrogens (tertiary/aromatic N) is 1. The lowest BCUT2D eigenvalue weighted by Gasteiger charge is -2.20. The number of hydrogen-bond donors (Lipinski definition) is 0. The van der Waals surface area contributed by atoms with Crippen LogP contribution in [0.1, 0.15) is 5.56 Å². The highest BCUT2D eigenvalue weighted by atomic mass is 79.9. The third-order valence-corrected chi connectivity index (χ3v) is 7.80. The molecule has 94 valence electrons. The van der Waals surface area contributed by atoms with E-state index in [1.807, 2.05) is 13.1 Å². The molecule has 0 heterocycles. The first-order valence-electron chi connectivity index (χ1n) is 4.98. The van der Waals surface area contributed by atoms with Crippen molar-refractivity contribution < 1.29 is 13.7 Å². The number of rotatable bonds is 5. The van der Waals surface area contributed by atoms with Crippen molar-refractivity contribution >= 4 is 29.9 Å². The number of nitro benzene ring substituents is 1. The fraction of sp³-hybridized carbons (Fsp3) is 0.400. The predicted molar refractivity (Wildman–Crippen MR) is 69.1 cm³/mol. The van der Waals surface area contributed by atoms with Crippen LogP contribution in [0.4, 0.5) is 10.1 Å². The molecule has 0 saturated heterocycles. The smallest absolute Gasteiger partial charge is 0.269 e. The summed E-state index contributed by atoms with van der Waals surface area (Å²) in [5, 5.41) is 10.6. The van der Waals surface area contributed by atoms with Crippen LogP contribution < -0.4 is 0 Å². The fourth-order valence-corrected chi connectivity index (χ4v) is 2.21. The molecule has 0 bridgehead atoms. The molecule has 0 aliphatic heterocycles. The van der Waals surface area contributed by atoms with Crippen LogP contribution >= 0.6 is 15.9 Å². The highest BCUT2D eigenvalue weighted by molar-refractivity contribution is 9.09. The molecule has 0 aromatic heterocycles. The molecule has 1 aromatic rings. The molecular formula is C10H13BrFNO3Si. The van der Waals surface area contributed by atoms with Crippen LogP contribution in [0.15, 0.2) is 18.2 Å². The number of nitro groups is 1. The molecule has 17 heavy (non-hydrogen) atoms. The van der Waals surface area contributed by atoms with E-state index in [-0.39, 0.29) is 17.9 Å². The lowest BCUT2D eigenvalue weighted by Crippen LogP contribution is -2.32. The van der Waals surface area contributed by atoms with Gasteiger partial charge in [0.25, 0.3) is 5.69 Å². The minimum Gasteiger partial charge on any atom is -0.412 e. The Labute approximate surface area is 108 Å². The van der Waals surface area contributed by atoms with Crippen molar-refractivity contribution in [3.63, 3.8) is 0 Å². The molecule has 0 fully saturated rings. The number of halogens is 2. The molecule has 1 aromatic carbocycles. The van der Waals surface area contributed by atoms with Gasteiger partial charge in [0.05, 0.1) is 11.5 Å². The van der Waals surface area contributed by atoms with E-state index in [0.29, 0.717) is 0 Å². The second-order valence-electron chi connectivity index (χ2n) is 4.21. The van der Waals surface area contributed by atoms with Gasteiger partial charge < -0.3 is 4.43 Å². The van der Waals surface area contributed by atoms with Crippen molar-refractivity contribution in [2.45, 2.75) is 19.7 Å². The van der Waals surface area contributed by atoms with Gasteiger partial charge in [-0.1, -0.05) is 15.9 Å². The summed E-state index contributed by atoms with van der Waals surface area (Å²) in [4.78, 5) is 10.8. The summed E-state index contributed by atoms with van der Waals surface area (Å²) in [5.41, 5.74) is 0.101. The van der Waals surface area contributed by atoms with Gasteiger partial charge in [0.15, 0.2) is 8.32 Å². The molecule has 1 rings (SSSR count). The highest BCUT2D eigenvalue weighted by Crippen LogP contribution is 2.19. The largest absolute Gasteiger partial charge is 0.412 e. The Hall–Kier alpha value is -0.793. The molecule has 0 spiro atoms. The average Bonchev–Trinajstić information content (AvgIpc) is 2.27. The van der Waals surface area contributed by atoms with Gasteiger partial charge in [-0.2, -0.15) is 0 Å². The van der Waals surface area contributed by atoms with Gasteiger partial charge in [0, 0.05) is 22.6 Å². The highest BCUT2D eigenvalue weighted by Gasteiger charge is 2.21. The summed E-state index contributed by atoms with van der Waals surface area (Å²) in [6, 6.07) is 3.46. The lowest BCUT2D eigenvalue weighted by molar-refractivity contribution is -0.385. The van der Waals surface area contributed by atoms with Crippen molar-refractivity contribution in [3.05, 3.63) is 39.7 Å². The van der Waals surface area contributed by atoms with Crippen LogP contribution in [0, 0.1) is 15.9 Å². The normalized spacial score (nSPS) is 11.5. The number of alkyl halides is 1. The zero-order valence-electron chi connectivity index (χ0n) is 9.57. The van der Waals surface area contributed by atoms with Crippen molar-refractivity contribution in [1.82, 2.24) is 0 Å². The first-order valence-corrected chi connectivity index (χ1v) is 9.22. The molecule has 4 nitrogen and oxygen atoms in total. The van der Waals surface area contributed by atoms with E-state index < -0.39 is 19.1 Å². The van der Waals surface area contributed by atoms with Crippen LogP contribution in [0.3, 0.4) is 0 Å².